The van der Waals surface area contributed by atoms with Crippen molar-refractivity contribution in [3.63, 3.8) is 0 Å². The quantitative estimate of drug-likeness (QED) is 0.577. The average Bonchev–Trinajstić information content (AvgIpc) is 2.38. The van der Waals surface area contributed by atoms with Gasteiger partial charge >= 0.3 is 7.60 Å². The predicted molar refractivity (Wildman–Crippen MR) is 75.6 cm³/mol. The number of fused-ring (bicyclic) bond motifs is 3. The second-order valence-electron chi connectivity index (χ2n) is 4.52. The third kappa shape index (κ3) is 2.38. The normalized spacial score (nSPS) is 14.3. The second-order valence-corrected chi connectivity index (χ2v) is 6.31. The van der Waals surface area contributed by atoms with E-state index in [1.54, 1.807) is 24.3 Å². The third-order valence-electron chi connectivity index (χ3n) is 2.88. The van der Waals surface area contributed by atoms with Crippen molar-refractivity contribution >= 4 is 29.3 Å². The van der Waals surface area contributed by atoms with Crippen LogP contribution >= 0.6 is 7.60 Å². The van der Waals surface area contributed by atoms with Crippen LogP contribution in [0.2, 0.25) is 0 Å². The molecule has 3 rings (SSSR count). The Kier molecular flexibility index (Phi) is 2.96. The van der Waals surface area contributed by atoms with Crippen molar-refractivity contribution in [2.75, 3.05) is 6.66 Å². The standard InChI is InChI=1S/C14H11FNO3P/c1-20(17,18)19-14-11-5-3-2-4-10(11)12-8-9(15)6-7-13(12)16-14/h2-8H,1H3,(H,17,18). The minimum Gasteiger partial charge on any atom is -0.405 e. The molecule has 2 aromatic carbocycles. The fraction of sp³-hybridized carbons (Fsp3) is 0.0714. The highest BCUT2D eigenvalue weighted by molar-refractivity contribution is 7.52. The maximum absolute atomic E-state index is 13.4. The lowest BCUT2D eigenvalue weighted by atomic mass is 10.1. The zero-order chi connectivity index (χ0) is 14.3. The maximum atomic E-state index is 13.4. The van der Waals surface area contributed by atoms with Gasteiger partial charge in [-0.3, -0.25) is 0 Å². The van der Waals surface area contributed by atoms with Crippen molar-refractivity contribution in [2.24, 2.45) is 0 Å². The van der Waals surface area contributed by atoms with Gasteiger partial charge < -0.3 is 9.42 Å². The van der Waals surface area contributed by atoms with E-state index >= 15 is 0 Å². The molecule has 0 radical (unpaired) electrons. The van der Waals surface area contributed by atoms with Crippen molar-refractivity contribution in [1.29, 1.82) is 0 Å². The molecule has 0 aliphatic heterocycles. The third-order valence-corrected chi connectivity index (χ3v) is 3.40. The van der Waals surface area contributed by atoms with E-state index in [1.807, 2.05) is 0 Å². The van der Waals surface area contributed by atoms with E-state index in [4.69, 9.17) is 4.52 Å². The summed E-state index contributed by atoms with van der Waals surface area (Å²) in [6, 6.07) is 11.3. The molecule has 0 aliphatic rings. The number of nitrogens with zero attached hydrogens (tertiary/aromatic N) is 1. The lowest BCUT2D eigenvalue weighted by Gasteiger charge is -2.12. The summed E-state index contributed by atoms with van der Waals surface area (Å²) in [5, 5.41) is 1.93. The number of halogens is 1. The number of hydrogen-bond acceptors (Lipinski definition) is 3. The SMILES string of the molecule is CP(=O)(O)Oc1nc2ccc(F)cc2c2ccccc12. The van der Waals surface area contributed by atoms with E-state index < -0.39 is 7.60 Å². The summed E-state index contributed by atoms with van der Waals surface area (Å²) in [6.45, 7) is 1.10. The average molecular weight is 291 g/mol. The van der Waals surface area contributed by atoms with Crippen LogP contribution in [0.15, 0.2) is 42.5 Å². The van der Waals surface area contributed by atoms with Gasteiger partial charge in [0.15, 0.2) is 0 Å². The van der Waals surface area contributed by atoms with E-state index in [0.29, 0.717) is 16.3 Å². The predicted octanol–water partition coefficient (Wildman–Crippen LogP) is 3.72. The van der Waals surface area contributed by atoms with E-state index in [9.17, 15) is 13.8 Å². The van der Waals surface area contributed by atoms with Crippen LogP contribution in [0.4, 0.5) is 4.39 Å². The molecule has 1 atom stereocenters. The maximum Gasteiger partial charge on any atom is 0.374 e. The number of rotatable bonds is 2. The fourth-order valence-electron chi connectivity index (χ4n) is 2.13. The first kappa shape index (κ1) is 13.0. The van der Waals surface area contributed by atoms with Crippen LogP contribution in [0.3, 0.4) is 0 Å². The zero-order valence-corrected chi connectivity index (χ0v) is 11.5. The van der Waals surface area contributed by atoms with E-state index in [1.165, 1.54) is 18.2 Å². The summed E-state index contributed by atoms with van der Waals surface area (Å²) in [5.74, 6) is -0.283. The van der Waals surface area contributed by atoms with Crippen molar-refractivity contribution < 1.29 is 18.4 Å². The molecule has 1 unspecified atom stereocenters. The molecule has 4 nitrogen and oxygen atoms in total. The smallest absolute Gasteiger partial charge is 0.374 e. The van der Waals surface area contributed by atoms with Gasteiger partial charge in [-0.1, -0.05) is 18.2 Å². The Hall–Kier alpha value is -1.97. The minimum atomic E-state index is -3.72. The number of benzene rings is 2. The lowest BCUT2D eigenvalue weighted by Crippen LogP contribution is -1.95. The molecule has 1 N–H and O–H groups in total. The van der Waals surface area contributed by atoms with Crippen molar-refractivity contribution in [3.8, 4) is 5.88 Å². The molecule has 0 amide bonds. The Morgan fingerprint density at radius 1 is 1.15 bits per heavy atom. The molecular weight excluding hydrogens is 280 g/mol. The van der Waals surface area contributed by atoms with E-state index in [0.717, 1.165) is 12.1 Å². The van der Waals surface area contributed by atoms with E-state index in [2.05, 4.69) is 4.98 Å². The lowest BCUT2D eigenvalue weighted by molar-refractivity contribution is 0.384. The van der Waals surface area contributed by atoms with Gasteiger partial charge in [-0.05, 0) is 29.7 Å². The van der Waals surface area contributed by atoms with Gasteiger partial charge in [0, 0.05) is 17.4 Å². The first-order valence-electron chi connectivity index (χ1n) is 5.92. The zero-order valence-electron chi connectivity index (χ0n) is 10.6. The Morgan fingerprint density at radius 2 is 1.85 bits per heavy atom. The topological polar surface area (TPSA) is 59.4 Å². The van der Waals surface area contributed by atoms with Crippen LogP contribution in [0.1, 0.15) is 0 Å². The summed E-state index contributed by atoms with van der Waals surface area (Å²) in [4.78, 5) is 13.6. The Labute approximate surface area is 114 Å². The number of hydrogen-bond donors (Lipinski definition) is 1. The molecule has 0 fully saturated rings. The van der Waals surface area contributed by atoms with Gasteiger partial charge in [0.1, 0.15) is 5.82 Å². The summed E-state index contributed by atoms with van der Waals surface area (Å²) < 4.78 is 29.9. The second kappa shape index (κ2) is 4.54. The van der Waals surface area contributed by atoms with Crippen LogP contribution in [-0.2, 0) is 4.57 Å². The Morgan fingerprint density at radius 3 is 2.55 bits per heavy atom. The van der Waals surface area contributed by atoms with Crippen LogP contribution in [0.5, 0.6) is 5.88 Å². The van der Waals surface area contributed by atoms with Gasteiger partial charge in [0.05, 0.1) is 5.52 Å². The van der Waals surface area contributed by atoms with Crippen LogP contribution in [-0.4, -0.2) is 16.5 Å². The molecule has 20 heavy (non-hydrogen) atoms. The number of aromatic nitrogens is 1. The fourth-order valence-corrected chi connectivity index (χ4v) is 2.59. The highest BCUT2D eigenvalue weighted by Crippen LogP contribution is 2.41. The van der Waals surface area contributed by atoms with Crippen molar-refractivity contribution in [2.45, 2.75) is 0 Å². The molecule has 6 heteroatoms. The first-order valence-corrected chi connectivity index (χ1v) is 7.94. The number of pyridine rings is 1. The molecular formula is C14H11FNO3P. The Bertz CT molecular complexity index is 860. The molecule has 0 aliphatic carbocycles. The van der Waals surface area contributed by atoms with Crippen LogP contribution < -0.4 is 4.52 Å². The summed E-state index contributed by atoms with van der Waals surface area (Å²) in [5.41, 5.74) is 0.508. The van der Waals surface area contributed by atoms with Gasteiger partial charge in [0.25, 0.3) is 0 Å². The summed E-state index contributed by atoms with van der Waals surface area (Å²) in [6.07, 6.45) is 0. The highest BCUT2D eigenvalue weighted by Gasteiger charge is 2.17. The molecule has 0 saturated carbocycles. The van der Waals surface area contributed by atoms with Crippen molar-refractivity contribution in [3.05, 3.63) is 48.3 Å². The molecule has 0 bridgehead atoms. The Balaban J connectivity index is 2.40. The van der Waals surface area contributed by atoms with Gasteiger partial charge in [-0.25, -0.2) is 13.9 Å². The van der Waals surface area contributed by atoms with Gasteiger partial charge in [-0.15, -0.1) is 0 Å². The molecule has 102 valence electrons. The highest BCUT2D eigenvalue weighted by atomic mass is 31.2. The largest absolute Gasteiger partial charge is 0.405 e. The van der Waals surface area contributed by atoms with Crippen molar-refractivity contribution in [1.82, 2.24) is 4.98 Å². The van der Waals surface area contributed by atoms with Gasteiger partial charge in [0.2, 0.25) is 5.88 Å². The summed E-state index contributed by atoms with van der Waals surface area (Å²) in [7, 11) is -3.72. The molecule has 1 heterocycles. The van der Waals surface area contributed by atoms with Gasteiger partial charge in [-0.2, -0.15) is 0 Å². The molecule has 1 aromatic heterocycles. The van der Waals surface area contributed by atoms with Crippen LogP contribution in [0, 0.1) is 5.82 Å². The molecule has 0 spiro atoms. The monoisotopic (exact) mass is 291 g/mol. The van der Waals surface area contributed by atoms with Crippen LogP contribution in [0.25, 0.3) is 21.7 Å². The molecule has 3 aromatic rings. The van der Waals surface area contributed by atoms with E-state index in [-0.39, 0.29) is 11.7 Å². The minimum absolute atomic E-state index is 0.0769. The molecule has 0 saturated heterocycles. The first-order chi connectivity index (χ1) is 9.44. The summed E-state index contributed by atoms with van der Waals surface area (Å²) >= 11 is 0.